The standard InChI is InChI=1S/C19H21N5O2S/c1-24(16-6-3-2-4-7-16)13-5-10-21-17(25)14-27-19-23-22-18(26-19)15-8-11-20-12-9-15/h2-4,6-9,11-12H,5,10,13-14H2,1H3,(H,21,25). The van der Waals surface area contributed by atoms with Gasteiger partial charge >= 0.3 is 0 Å². The van der Waals surface area contributed by atoms with Gasteiger partial charge in [0.15, 0.2) is 0 Å². The molecule has 1 N–H and O–H groups in total. The van der Waals surface area contributed by atoms with E-state index in [2.05, 4.69) is 37.5 Å². The van der Waals surface area contributed by atoms with Crippen molar-refractivity contribution in [2.45, 2.75) is 11.6 Å². The number of rotatable bonds is 9. The Hall–Kier alpha value is -2.87. The predicted molar refractivity (Wildman–Crippen MR) is 106 cm³/mol. The van der Waals surface area contributed by atoms with Gasteiger partial charge < -0.3 is 14.6 Å². The van der Waals surface area contributed by atoms with E-state index in [1.807, 2.05) is 25.2 Å². The van der Waals surface area contributed by atoms with Gasteiger partial charge in [-0.05, 0) is 30.7 Å². The van der Waals surface area contributed by atoms with Gasteiger partial charge in [0.05, 0.1) is 5.75 Å². The minimum absolute atomic E-state index is 0.0500. The molecule has 8 heteroatoms. The third-order valence-corrected chi connectivity index (χ3v) is 4.67. The summed E-state index contributed by atoms with van der Waals surface area (Å²) in [5.74, 6) is 0.613. The van der Waals surface area contributed by atoms with E-state index in [0.717, 1.165) is 18.5 Å². The first-order valence-electron chi connectivity index (χ1n) is 8.62. The Morgan fingerprint density at radius 3 is 2.70 bits per heavy atom. The van der Waals surface area contributed by atoms with Gasteiger partial charge in [0.2, 0.25) is 11.8 Å². The van der Waals surface area contributed by atoms with E-state index in [-0.39, 0.29) is 11.7 Å². The van der Waals surface area contributed by atoms with Gasteiger partial charge in [-0.25, -0.2) is 0 Å². The molecule has 0 atom stereocenters. The molecule has 140 valence electrons. The van der Waals surface area contributed by atoms with E-state index >= 15 is 0 Å². The average Bonchev–Trinajstić information content (AvgIpc) is 3.20. The first-order valence-corrected chi connectivity index (χ1v) is 9.60. The fourth-order valence-electron chi connectivity index (χ4n) is 2.41. The van der Waals surface area contributed by atoms with Crippen molar-refractivity contribution in [3.8, 4) is 11.5 Å². The fourth-order valence-corrected chi connectivity index (χ4v) is 3.01. The summed E-state index contributed by atoms with van der Waals surface area (Å²) < 4.78 is 5.55. The number of thioether (sulfide) groups is 1. The van der Waals surface area contributed by atoms with Crippen LogP contribution in [0.15, 0.2) is 64.5 Å². The van der Waals surface area contributed by atoms with Gasteiger partial charge in [0, 0.05) is 43.8 Å². The maximum absolute atomic E-state index is 12.0. The van der Waals surface area contributed by atoms with Crippen molar-refractivity contribution < 1.29 is 9.21 Å². The van der Waals surface area contributed by atoms with Crippen LogP contribution in [0, 0.1) is 0 Å². The molecule has 0 unspecified atom stereocenters. The number of pyridine rings is 1. The number of carbonyl (C=O) groups is 1. The second kappa shape index (κ2) is 9.72. The molecule has 1 amide bonds. The van der Waals surface area contributed by atoms with Crippen molar-refractivity contribution in [3.05, 3.63) is 54.9 Å². The molecule has 2 heterocycles. The lowest BCUT2D eigenvalue weighted by molar-refractivity contribution is -0.118. The molecule has 27 heavy (non-hydrogen) atoms. The Bertz CT molecular complexity index is 842. The molecule has 0 fully saturated rings. The number of carbonyl (C=O) groups excluding carboxylic acids is 1. The molecule has 3 aromatic rings. The van der Waals surface area contributed by atoms with E-state index in [1.165, 1.54) is 17.4 Å². The zero-order valence-electron chi connectivity index (χ0n) is 15.0. The molecule has 0 radical (unpaired) electrons. The average molecular weight is 383 g/mol. The van der Waals surface area contributed by atoms with Crippen LogP contribution in [0.2, 0.25) is 0 Å². The maximum atomic E-state index is 12.0. The highest BCUT2D eigenvalue weighted by molar-refractivity contribution is 7.99. The van der Waals surface area contributed by atoms with Crippen LogP contribution < -0.4 is 10.2 Å². The molecule has 0 bridgehead atoms. The lowest BCUT2D eigenvalue weighted by atomic mass is 10.3. The molecule has 0 aliphatic carbocycles. The number of nitrogens with zero attached hydrogens (tertiary/aromatic N) is 4. The number of para-hydroxylation sites is 1. The van der Waals surface area contributed by atoms with Gasteiger partial charge in [-0.2, -0.15) is 0 Å². The number of aromatic nitrogens is 3. The molecule has 7 nitrogen and oxygen atoms in total. The molecule has 0 saturated heterocycles. The Balaban J connectivity index is 1.35. The highest BCUT2D eigenvalue weighted by atomic mass is 32.2. The third-order valence-electron chi connectivity index (χ3n) is 3.85. The predicted octanol–water partition coefficient (Wildman–Crippen LogP) is 2.87. The van der Waals surface area contributed by atoms with Crippen LogP contribution >= 0.6 is 11.8 Å². The minimum atomic E-state index is -0.0500. The first-order chi connectivity index (χ1) is 13.2. The summed E-state index contributed by atoms with van der Waals surface area (Å²) in [5, 5.41) is 11.2. The zero-order chi connectivity index (χ0) is 18.9. The summed E-state index contributed by atoms with van der Waals surface area (Å²) in [5.41, 5.74) is 1.97. The van der Waals surface area contributed by atoms with Crippen LogP contribution in [0.4, 0.5) is 5.69 Å². The topological polar surface area (TPSA) is 84.2 Å². The number of amides is 1. The minimum Gasteiger partial charge on any atom is -0.411 e. The van der Waals surface area contributed by atoms with Gasteiger partial charge in [0.25, 0.3) is 5.22 Å². The quantitative estimate of drug-likeness (QED) is 0.449. The molecule has 0 saturated carbocycles. The van der Waals surface area contributed by atoms with E-state index in [0.29, 0.717) is 17.7 Å². The summed E-state index contributed by atoms with van der Waals surface area (Å²) >= 11 is 1.23. The normalized spacial score (nSPS) is 10.6. The Labute approximate surface area is 162 Å². The largest absolute Gasteiger partial charge is 0.411 e. The van der Waals surface area contributed by atoms with Crippen molar-refractivity contribution in [1.29, 1.82) is 0 Å². The van der Waals surface area contributed by atoms with E-state index in [4.69, 9.17) is 4.42 Å². The van der Waals surface area contributed by atoms with Crippen LogP contribution in [0.1, 0.15) is 6.42 Å². The van der Waals surface area contributed by atoms with Crippen molar-refractivity contribution in [1.82, 2.24) is 20.5 Å². The highest BCUT2D eigenvalue weighted by Crippen LogP contribution is 2.22. The van der Waals surface area contributed by atoms with Crippen LogP contribution in [-0.4, -0.2) is 47.0 Å². The highest BCUT2D eigenvalue weighted by Gasteiger charge is 2.11. The lowest BCUT2D eigenvalue weighted by Crippen LogP contribution is -2.29. The van der Waals surface area contributed by atoms with Crippen molar-refractivity contribution in [2.75, 3.05) is 30.8 Å². The Morgan fingerprint density at radius 1 is 1.15 bits per heavy atom. The van der Waals surface area contributed by atoms with E-state index in [1.54, 1.807) is 24.5 Å². The molecule has 0 aliphatic rings. The van der Waals surface area contributed by atoms with Crippen LogP contribution in [0.5, 0.6) is 0 Å². The SMILES string of the molecule is CN(CCCNC(=O)CSc1nnc(-c2ccncc2)o1)c1ccccc1. The molecule has 0 aliphatic heterocycles. The maximum Gasteiger partial charge on any atom is 0.277 e. The van der Waals surface area contributed by atoms with Gasteiger partial charge in [-0.1, -0.05) is 30.0 Å². The van der Waals surface area contributed by atoms with Crippen LogP contribution in [0.3, 0.4) is 0 Å². The second-order valence-corrected chi connectivity index (χ2v) is 6.78. The van der Waals surface area contributed by atoms with E-state index < -0.39 is 0 Å². The summed E-state index contributed by atoms with van der Waals surface area (Å²) in [6.45, 7) is 1.50. The van der Waals surface area contributed by atoms with E-state index in [9.17, 15) is 4.79 Å². The summed E-state index contributed by atoms with van der Waals surface area (Å²) in [6, 6.07) is 13.8. The number of benzene rings is 1. The Kier molecular flexibility index (Phi) is 6.81. The molecule has 1 aromatic carbocycles. The van der Waals surface area contributed by atoms with Gasteiger partial charge in [-0.15, -0.1) is 10.2 Å². The summed E-state index contributed by atoms with van der Waals surface area (Å²) in [4.78, 5) is 18.1. The first kappa shape index (κ1) is 18.9. The van der Waals surface area contributed by atoms with Gasteiger partial charge in [-0.3, -0.25) is 9.78 Å². The summed E-state index contributed by atoms with van der Waals surface area (Å²) in [7, 11) is 2.04. The van der Waals surface area contributed by atoms with Crippen molar-refractivity contribution >= 4 is 23.4 Å². The molecule has 2 aromatic heterocycles. The van der Waals surface area contributed by atoms with Crippen LogP contribution in [-0.2, 0) is 4.79 Å². The molecule has 0 spiro atoms. The smallest absolute Gasteiger partial charge is 0.277 e. The molecular weight excluding hydrogens is 362 g/mol. The number of hydrogen-bond donors (Lipinski definition) is 1. The number of nitrogens with one attached hydrogen (secondary N) is 1. The van der Waals surface area contributed by atoms with Crippen molar-refractivity contribution in [3.63, 3.8) is 0 Å². The third kappa shape index (κ3) is 5.82. The summed E-state index contributed by atoms with van der Waals surface area (Å²) in [6.07, 6.45) is 4.19. The van der Waals surface area contributed by atoms with Gasteiger partial charge in [0.1, 0.15) is 0 Å². The zero-order valence-corrected chi connectivity index (χ0v) is 15.9. The second-order valence-electron chi connectivity index (χ2n) is 5.86. The fraction of sp³-hybridized carbons (Fsp3) is 0.263. The number of anilines is 1. The van der Waals surface area contributed by atoms with Crippen molar-refractivity contribution in [2.24, 2.45) is 0 Å². The lowest BCUT2D eigenvalue weighted by Gasteiger charge is -2.19. The Morgan fingerprint density at radius 2 is 1.93 bits per heavy atom. The molecular formula is C19H21N5O2S. The molecule has 3 rings (SSSR count). The number of hydrogen-bond acceptors (Lipinski definition) is 7. The van der Waals surface area contributed by atoms with Crippen LogP contribution in [0.25, 0.3) is 11.5 Å². The monoisotopic (exact) mass is 383 g/mol.